The fraction of sp³-hybridized carbons (Fsp3) is 0.444. The molecule has 2 aromatic heterocycles. The fourth-order valence-corrected chi connectivity index (χ4v) is 2.82. The van der Waals surface area contributed by atoms with E-state index in [2.05, 4.69) is 15.3 Å². The van der Waals surface area contributed by atoms with Gasteiger partial charge in [-0.2, -0.15) is 0 Å². The van der Waals surface area contributed by atoms with Gasteiger partial charge in [0.1, 0.15) is 11.4 Å². The van der Waals surface area contributed by atoms with Gasteiger partial charge in [0.2, 0.25) is 0 Å². The molecule has 3 heterocycles. The van der Waals surface area contributed by atoms with Crippen LogP contribution in [0.15, 0.2) is 29.2 Å². The Morgan fingerprint density at radius 1 is 1.40 bits per heavy atom. The topological polar surface area (TPSA) is 86.1 Å². The van der Waals surface area contributed by atoms with Crippen LogP contribution in [0.4, 0.5) is 0 Å². The summed E-state index contributed by atoms with van der Waals surface area (Å²) >= 11 is 0. The standard InChI is InChI=1S/C18H22N4O3/c1-12-5-6-15(18(24)22(12)2)17(23)20-10-14-7-8-19-16(21-14)13-4-3-9-25-11-13/h5-8,13H,3-4,9-11H2,1-2H3,(H,20,23)/t13-/m0/s1. The number of nitrogens with zero attached hydrogens (tertiary/aromatic N) is 3. The lowest BCUT2D eigenvalue weighted by molar-refractivity contribution is 0.0779. The molecule has 0 unspecified atom stereocenters. The molecular formula is C18H22N4O3. The van der Waals surface area contributed by atoms with Crippen molar-refractivity contribution >= 4 is 5.91 Å². The summed E-state index contributed by atoms with van der Waals surface area (Å²) in [4.78, 5) is 33.3. The molecule has 1 amide bonds. The maximum Gasteiger partial charge on any atom is 0.263 e. The van der Waals surface area contributed by atoms with Crippen molar-refractivity contribution < 1.29 is 9.53 Å². The lowest BCUT2D eigenvalue weighted by Crippen LogP contribution is -2.32. The minimum atomic E-state index is -0.401. The molecule has 0 radical (unpaired) electrons. The summed E-state index contributed by atoms with van der Waals surface area (Å²) in [7, 11) is 1.65. The van der Waals surface area contributed by atoms with Crippen LogP contribution in [0, 0.1) is 6.92 Å². The van der Waals surface area contributed by atoms with Crippen LogP contribution in [0.1, 0.15) is 46.3 Å². The van der Waals surface area contributed by atoms with Gasteiger partial charge < -0.3 is 14.6 Å². The number of carbonyl (C=O) groups excluding carboxylic acids is 1. The monoisotopic (exact) mass is 342 g/mol. The number of nitrogens with one attached hydrogen (secondary N) is 1. The van der Waals surface area contributed by atoms with Gasteiger partial charge >= 0.3 is 0 Å². The van der Waals surface area contributed by atoms with Gasteiger partial charge in [0.15, 0.2) is 0 Å². The maximum atomic E-state index is 12.3. The third-order valence-corrected chi connectivity index (χ3v) is 4.49. The highest BCUT2D eigenvalue weighted by Crippen LogP contribution is 2.22. The quantitative estimate of drug-likeness (QED) is 0.905. The van der Waals surface area contributed by atoms with E-state index in [0.29, 0.717) is 12.3 Å². The van der Waals surface area contributed by atoms with Crippen LogP contribution in [0.25, 0.3) is 0 Å². The Balaban J connectivity index is 1.68. The van der Waals surface area contributed by atoms with Gasteiger partial charge in [-0.1, -0.05) is 0 Å². The van der Waals surface area contributed by atoms with Crippen LogP contribution >= 0.6 is 0 Å². The zero-order valence-corrected chi connectivity index (χ0v) is 14.5. The Morgan fingerprint density at radius 2 is 2.24 bits per heavy atom. The van der Waals surface area contributed by atoms with Crippen LogP contribution < -0.4 is 10.9 Å². The summed E-state index contributed by atoms with van der Waals surface area (Å²) in [6.07, 6.45) is 3.71. The first-order chi connectivity index (χ1) is 12.1. The lowest BCUT2D eigenvalue weighted by atomic mass is 10.0. The van der Waals surface area contributed by atoms with E-state index in [0.717, 1.165) is 31.0 Å². The lowest BCUT2D eigenvalue weighted by Gasteiger charge is -2.20. The molecule has 1 saturated heterocycles. The number of hydrogen-bond donors (Lipinski definition) is 1. The molecule has 1 aliphatic heterocycles. The first-order valence-electron chi connectivity index (χ1n) is 8.40. The van der Waals surface area contributed by atoms with Crippen LogP contribution in [-0.4, -0.2) is 33.7 Å². The second-order valence-corrected chi connectivity index (χ2v) is 6.26. The van der Waals surface area contributed by atoms with Crippen molar-refractivity contribution in [2.24, 2.45) is 7.05 Å². The first kappa shape index (κ1) is 17.3. The molecule has 132 valence electrons. The van der Waals surface area contributed by atoms with Crippen molar-refractivity contribution in [3.8, 4) is 0 Å². The van der Waals surface area contributed by atoms with Crippen molar-refractivity contribution in [2.45, 2.75) is 32.2 Å². The third-order valence-electron chi connectivity index (χ3n) is 4.49. The molecule has 25 heavy (non-hydrogen) atoms. The van der Waals surface area contributed by atoms with Crippen LogP contribution in [0.3, 0.4) is 0 Å². The smallest absolute Gasteiger partial charge is 0.263 e. The zero-order chi connectivity index (χ0) is 17.8. The molecule has 0 saturated carbocycles. The minimum absolute atomic E-state index is 0.128. The molecule has 2 aromatic rings. The maximum absolute atomic E-state index is 12.3. The van der Waals surface area contributed by atoms with Crippen molar-refractivity contribution in [1.29, 1.82) is 0 Å². The van der Waals surface area contributed by atoms with Gasteiger partial charge in [-0.3, -0.25) is 9.59 Å². The van der Waals surface area contributed by atoms with Crippen molar-refractivity contribution in [1.82, 2.24) is 19.9 Å². The van der Waals surface area contributed by atoms with E-state index in [-0.39, 0.29) is 23.6 Å². The molecule has 3 rings (SSSR count). The van der Waals surface area contributed by atoms with Gasteiger partial charge in [0, 0.05) is 31.5 Å². The number of rotatable bonds is 4. The molecular weight excluding hydrogens is 320 g/mol. The van der Waals surface area contributed by atoms with Gasteiger partial charge in [0.05, 0.1) is 18.8 Å². The normalized spacial score (nSPS) is 17.3. The Kier molecular flexibility index (Phi) is 5.23. The SMILES string of the molecule is Cc1ccc(C(=O)NCc2ccnc([C@H]3CCCOC3)n2)c(=O)n1C. The molecule has 7 nitrogen and oxygen atoms in total. The number of pyridine rings is 1. The number of aryl methyl sites for hydroxylation is 1. The third kappa shape index (κ3) is 3.93. The van der Waals surface area contributed by atoms with E-state index in [1.807, 2.05) is 6.92 Å². The minimum Gasteiger partial charge on any atom is -0.381 e. The van der Waals surface area contributed by atoms with Gasteiger partial charge in [-0.15, -0.1) is 0 Å². The second kappa shape index (κ2) is 7.57. The van der Waals surface area contributed by atoms with Crippen LogP contribution in [0.2, 0.25) is 0 Å². The molecule has 0 bridgehead atoms. The van der Waals surface area contributed by atoms with E-state index < -0.39 is 5.91 Å². The van der Waals surface area contributed by atoms with Gasteiger partial charge in [-0.05, 0) is 38.0 Å². The number of carbonyl (C=O) groups is 1. The number of ether oxygens (including phenoxy) is 1. The second-order valence-electron chi connectivity index (χ2n) is 6.26. The zero-order valence-electron chi connectivity index (χ0n) is 14.5. The summed E-state index contributed by atoms with van der Waals surface area (Å²) in [5.41, 5.74) is 1.34. The van der Waals surface area contributed by atoms with E-state index in [1.165, 1.54) is 4.57 Å². The van der Waals surface area contributed by atoms with Gasteiger partial charge in [-0.25, -0.2) is 9.97 Å². The molecule has 7 heteroatoms. The number of aromatic nitrogens is 3. The van der Waals surface area contributed by atoms with Crippen LogP contribution in [-0.2, 0) is 18.3 Å². The predicted molar refractivity (Wildman–Crippen MR) is 92.4 cm³/mol. The summed E-state index contributed by atoms with van der Waals surface area (Å²) in [6, 6.07) is 5.07. The first-order valence-corrected chi connectivity index (χ1v) is 8.40. The largest absolute Gasteiger partial charge is 0.381 e. The highest BCUT2D eigenvalue weighted by Gasteiger charge is 2.19. The summed E-state index contributed by atoms with van der Waals surface area (Å²) in [6.45, 7) is 3.49. The van der Waals surface area contributed by atoms with Crippen molar-refractivity contribution in [3.63, 3.8) is 0 Å². The van der Waals surface area contributed by atoms with E-state index >= 15 is 0 Å². The van der Waals surface area contributed by atoms with E-state index in [1.54, 1.807) is 31.4 Å². The van der Waals surface area contributed by atoms with Crippen molar-refractivity contribution in [3.05, 3.63) is 57.5 Å². The van der Waals surface area contributed by atoms with Crippen molar-refractivity contribution in [2.75, 3.05) is 13.2 Å². The average molecular weight is 342 g/mol. The molecule has 1 fully saturated rings. The van der Waals surface area contributed by atoms with Crippen LogP contribution in [0.5, 0.6) is 0 Å². The predicted octanol–water partition coefficient (Wildman–Crippen LogP) is 1.31. The summed E-state index contributed by atoms with van der Waals surface area (Å²) in [5, 5.41) is 2.76. The molecule has 1 N–H and O–H groups in total. The molecule has 0 spiro atoms. The summed E-state index contributed by atoms with van der Waals surface area (Å²) in [5.74, 6) is 0.549. The molecule has 0 aliphatic carbocycles. The summed E-state index contributed by atoms with van der Waals surface area (Å²) < 4.78 is 6.94. The molecule has 1 aliphatic rings. The number of amides is 1. The van der Waals surface area contributed by atoms with Gasteiger partial charge in [0.25, 0.3) is 11.5 Å². The average Bonchev–Trinajstić information content (AvgIpc) is 2.65. The highest BCUT2D eigenvalue weighted by atomic mass is 16.5. The van der Waals surface area contributed by atoms with E-state index in [4.69, 9.17) is 4.74 Å². The Bertz CT molecular complexity index is 825. The Hall–Kier alpha value is -2.54. The van der Waals surface area contributed by atoms with E-state index in [9.17, 15) is 9.59 Å². The molecule has 0 aromatic carbocycles. The Labute approximate surface area is 146 Å². The number of hydrogen-bond acceptors (Lipinski definition) is 5. The Morgan fingerprint density at radius 3 is 3.00 bits per heavy atom. The fourth-order valence-electron chi connectivity index (χ4n) is 2.82. The highest BCUT2D eigenvalue weighted by molar-refractivity contribution is 5.93. The molecule has 1 atom stereocenters.